The van der Waals surface area contributed by atoms with Crippen molar-refractivity contribution in [1.82, 2.24) is 5.32 Å². The van der Waals surface area contributed by atoms with Gasteiger partial charge in [0.1, 0.15) is 0 Å². The molecule has 1 aliphatic rings. The number of aliphatic hydroxyl groups is 1. The number of benzene rings is 1. The Balaban J connectivity index is 2.10. The SMILES string of the molecule is COc1cc(C(=O)NCC2(O)CCCC2)cc(Cl)c1OC. The summed E-state index contributed by atoms with van der Waals surface area (Å²) < 4.78 is 10.3. The average molecular weight is 314 g/mol. The number of hydrogen-bond donors (Lipinski definition) is 2. The maximum atomic E-state index is 12.2. The summed E-state index contributed by atoms with van der Waals surface area (Å²) in [6, 6.07) is 3.09. The first-order chi connectivity index (χ1) is 9.99. The Morgan fingerprint density at radius 3 is 2.57 bits per heavy atom. The molecule has 1 fully saturated rings. The second-order valence-corrected chi connectivity index (χ2v) is 5.71. The van der Waals surface area contributed by atoms with Gasteiger partial charge in [-0.25, -0.2) is 0 Å². The molecule has 1 amide bonds. The minimum Gasteiger partial charge on any atom is -0.493 e. The summed E-state index contributed by atoms with van der Waals surface area (Å²) >= 11 is 6.08. The van der Waals surface area contributed by atoms with Crippen molar-refractivity contribution in [2.45, 2.75) is 31.3 Å². The minimum atomic E-state index is -0.782. The van der Waals surface area contributed by atoms with Crippen molar-refractivity contribution in [3.05, 3.63) is 22.7 Å². The summed E-state index contributed by atoms with van der Waals surface area (Å²) in [7, 11) is 2.97. The van der Waals surface area contributed by atoms with Crippen LogP contribution in [0.15, 0.2) is 12.1 Å². The summed E-state index contributed by atoms with van der Waals surface area (Å²) in [5, 5.41) is 13.3. The fraction of sp³-hybridized carbons (Fsp3) is 0.533. The molecule has 2 N–H and O–H groups in total. The largest absolute Gasteiger partial charge is 0.493 e. The molecule has 5 nitrogen and oxygen atoms in total. The predicted octanol–water partition coefficient (Wildman–Crippen LogP) is 2.39. The number of carbonyl (C=O) groups excluding carboxylic acids is 1. The van der Waals surface area contributed by atoms with Gasteiger partial charge in [-0.05, 0) is 25.0 Å². The van der Waals surface area contributed by atoms with Crippen LogP contribution in [0, 0.1) is 0 Å². The summed E-state index contributed by atoms with van der Waals surface area (Å²) in [4.78, 5) is 12.2. The Bertz CT molecular complexity index is 527. The van der Waals surface area contributed by atoms with E-state index in [4.69, 9.17) is 21.1 Å². The van der Waals surface area contributed by atoms with Crippen molar-refractivity contribution in [2.75, 3.05) is 20.8 Å². The Hall–Kier alpha value is -1.46. The summed E-state index contributed by atoms with van der Waals surface area (Å²) in [6.45, 7) is 0.248. The summed E-state index contributed by atoms with van der Waals surface area (Å²) in [5.74, 6) is 0.498. The van der Waals surface area contributed by atoms with Crippen LogP contribution in [0.2, 0.25) is 5.02 Å². The van der Waals surface area contributed by atoms with Crippen LogP contribution >= 0.6 is 11.6 Å². The van der Waals surface area contributed by atoms with E-state index in [1.807, 2.05) is 0 Å². The normalized spacial score (nSPS) is 16.6. The number of hydrogen-bond acceptors (Lipinski definition) is 4. The molecule has 0 saturated heterocycles. The van der Waals surface area contributed by atoms with Crippen LogP contribution in [0.4, 0.5) is 0 Å². The van der Waals surface area contributed by atoms with E-state index in [2.05, 4.69) is 5.32 Å². The molecular formula is C15H20ClNO4. The van der Waals surface area contributed by atoms with Crippen LogP contribution in [0.25, 0.3) is 0 Å². The zero-order chi connectivity index (χ0) is 15.5. The highest BCUT2D eigenvalue weighted by Crippen LogP contribution is 2.36. The number of nitrogens with one attached hydrogen (secondary N) is 1. The molecule has 0 spiro atoms. The first kappa shape index (κ1) is 15.9. The van der Waals surface area contributed by atoms with Crippen LogP contribution in [0.3, 0.4) is 0 Å². The van der Waals surface area contributed by atoms with E-state index in [1.165, 1.54) is 20.3 Å². The fourth-order valence-electron chi connectivity index (χ4n) is 2.61. The molecular weight excluding hydrogens is 294 g/mol. The molecule has 0 aromatic heterocycles. The van der Waals surface area contributed by atoms with Gasteiger partial charge in [0.15, 0.2) is 11.5 Å². The quantitative estimate of drug-likeness (QED) is 0.876. The number of methoxy groups -OCH3 is 2. The van der Waals surface area contributed by atoms with E-state index in [0.717, 1.165) is 25.7 Å². The number of carbonyl (C=O) groups is 1. The molecule has 0 unspecified atom stereocenters. The van der Waals surface area contributed by atoms with E-state index < -0.39 is 5.60 Å². The molecule has 1 aliphatic carbocycles. The summed E-state index contributed by atoms with van der Waals surface area (Å²) in [5.41, 5.74) is -0.407. The Morgan fingerprint density at radius 1 is 1.33 bits per heavy atom. The van der Waals surface area contributed by atoms with E-state index in [1.54, 1.807) is 6.07 Å². The number of ether oxygens (including phenoxy) is 2. The Kier molecular flexibility index (Phi) is 4.96. The standard InChI is InChI=1S/C15H20ClNO4/c1-20-12-8-10(7-11(16)13(12)21-2)14(18)17-9-15(19)5-3-4-6-15/h7-8,19H,3-6,9H2,1-2H3,(H,17,18). The van der Waals surface area contributed by atoms with Crippen molar-refractivity contribution in [3.63, 3.8) is 0 Å². The third kappa shape index (κ3) is 3.60. The van der Waals surface area contributed by atoms with Gasteiger partial charge in [-0.2, -0.15) is 0 Å². The lowest BCUT2D eigenvalue weighted by molar-refractivity contribution is 0.0449. The van der Waals surface area contributed by atoms with Crippen LogP contribution in [-0.2, 0) is 0 Å². The van der Waals surface area contributed by atoms with Gasteiger partial charge in [0, 0.05) is 12.1 Å². The molecule has 0 heterocycles. The van der Waals surface area contributed by atoms with E-state index in [-0.39, 0.29) is 12.5 Å². The Labute approximate surface area is 129 Å². The van der Waals surface area contributed by atoms with E-state index in [9.17, 15) is 9.90 Å². The van der Waals surface area contributed by atoms with Crippen molar-refractivity contribution >= 4 is 17.5 Å². The fourth-order valence-corrected chi connectivity index (χ4v) is 2.89. The number of rotatable bonds is 5. The maximum Gasteiger partial charge on any atom is 0.251 e. The van der Waals surface area contributed by atoms with Gasteiger partial charge in [0.05, 0.1) is 24.8 Å². The van der Waals surface area contributed by atoms with Crippen LogP contribution in [-0.4, -0.2) is 37.4 Å². The van der Waals surface area contributed by atoms with Gasteiger partial charge >= 0.3 is 0 Å². The number of halogens is 1. The van der Waals surface area contributed by atoms with Gasteiger partial charge in [0.2, 0.25) is 0 Å². The smallest absolute Gasteiger partial charge is 0.251 e. The third-order valence-electron chi connectivity index (χ3n) is 3.81. The second kappa shape index (κ2) is 6.54. The van der Waals surface area contributed by atoms with Gasteiger partial charge in [-0.3, -0.25) is 4.79 Å². The van der Waals surface area contributed by atoms with Crippen LogP contribution in [0.5, 0.6) is 11.5 Å². The topological polar surface area (TPSA) is 67.8 Å². The highest BCUT2D eigenvalue weighted by Gasteiger charge is 2.31. The molecule has 116 valence electrons. The molecule has 6 heteroatoms. The minimum absolute atomic E-state index is 0.248. The maximum absolute atomic E-state index is 12.2. The van der Waals surface area contributed by atoms with Gasteiger partial charge < -0.3 is 19.9 Å². The molecule has 0 aliphatic heterocycles. The first-order valence-electron chi connectivity index (χ1n) is 6.91. The van der Waals surface area contributed by atoms with Crippen molar-refractivity contribution in [3.8, 4) is 11.5 Å². The van der Waals surface area contributed by atoms with Crippen molar-refractivity contribution in [1.29, 1.82) is 0 Å². The third-order valence-corrected chi connectivity index (χ3v) is 4.09. The van der Waals surface area contributed by atoms with Gasteiger partial charge in [0.25, 0.3) is 5.91 Å². The molecule has 2 rings (SSSR count). The Morgan fingerprint density at radius 2 is 2.00 bits per heavy atom. The average Bonchev–Trinajstić information content (AvgIpc) is 2.91. The van der Waals surface area contributed by atoms with Crippen LogP contribution in [0.1, 0.15) is 36.0 Å². The second-order valence-electron chi connectivity index (χ2n) is 5.31. The van der Waals surface area contributed by atoms with E-state index in [0.29, 0.717) is 22.1 Å². The highest BCUT2D eigenvalue weighted by atomic mass is 35.5. The van der Waals surface area contributed by atoms with Gasteiger partial charge in [-0.15, -0.1) is 0 Å². The molecule has 1 aromatic rings. The van der Waals surface area contributed by atoms with Crippen molar-refractivity contribution in [2.24, 2.45) is 0 Å². The zero-order valence-corrected chi connectivity index (χ0v) is 13.0. The lowest BCUT2D eigenvalue weighted by Gasteiger charge is -2.22. The number of amides is 1. The lowest BCUT2D eigenvalue weighted by Crippen LogP contribution is -2.40. The predicted molar refractivity (Wildman–Crippen MR) is 80.3 cm³/mol. The lowest BCUT2D eigenvalue weighted by atomic mass is 10.0. The van der Waals surface area contributed by atoms with Crippen molar-refractivity contribution < 1.29 is 19.4 Å². The highest BCUT2D eigenvalue weighted by molar-refractivity contribution is 6.32. The summed E-state index contributed by atoms with van der Waals surface area (Å²) in [6.07, 6.45) is 3.43. The molecule has 0 radical (unpaired) electrons. The molecule has 1 saturated carbocycles. The molecule has 0 bridgehead atoms. The monoisotopic (exact) mass is 313 g/mol. The van der Waals surface area contributed by atoms with Crippen LogP contribution < -0.4 is 14.8 Å². The van der Waals surface area contributed by atoms with Gasteiger partial charge in [-0.1, -0.05) is 24.4 Å². The molecule has 0 atom stereocenters. The molecule has 1 aromatic carbocycles. The zero-order valence-electron chi connectivity index (χ0n) is 12.2. The molecule has 21 heavy (non-hydrogen) atoms. The van der Waals surface area contributed by atoms with E-state index >= 15 is 0 Å². The first-order valence-corrected chi connectivity index (χ1v) is 7.29.